The molecule has 2 amide bonds. The van der Waals surface area contributed by atoms with E-state index in [-0.39, 0.29) is 18.4 Å². The van der Waals surface area contributed by atoms with Gasteiger partial charge in [-0.05, 0) is 5.92 Å². The topological polar surface area (TPSA) is 76.7 Å². The van der Waals surface area contributed by atoms with Crippen molar-refractivity contribution in [1.82, 2.24) is 10.6 Å². The summed E-state index contributed by atoms with van der Waals surface area (Å²) in [5.74, 6) is 6.63. The molecule has 0 aliphatic heterocycles. The summed E-state index contributed by atoms with van der Waals surface area (Å²) in [7, 11) is 3.35. The van der Waals surface area contributed by atoms with Gasteiger partial charge < -0.3 is 20.1 Å². The van der Waals surface area contributed by atoms with E-state index in [4.69, 9.17) is 9.47 Å². The molecule has 0 aromatic rings. The zero-order chi connectivity index (χ0) is 19.6. The molecule has 0 saturated heterocycles. The zero-order valence-corrected chi connectivity index (χ0v) is 17.9. The van der Waals surface area contributed by atoms with E-state index in [1.165, 1.54) is 0 Å². The fourth-order valence-electron chi connectivity index (χ4n) is 1.59. The summed E-state index contributed by atoms with van der Waals surface area (Å²) in [5, 5.41) is 5.94. The third-order valence-corrected chi connectivity index (χ3v) is 5.96. The summed E-state index contributed by atoms with van der Waals surface area (Å²) in [6, 6.07) is 0. The molecule has 0 aromatic heterocycles. The van der Waals surface area contributed by atoms with E-state index in [2.05, 4.69) is 36.3 Å². The van der Waals surface area contributed by atoms with Crippen LogP contribution in [0.2, 0.25) is 0 Å². The molecule has 1 unspecified atom stereocenters. The van der Waals surface area contributed by atoms with Gasteiger partial charge in [0, 0.05) is 24.6 Å². The highest BCUT2D eigenvalue weighted by atomic mass is 33.1. The van der Waals surface area contributed by atoms with Crippen LogP contribution in [0.4, 0.5) is 0 Å². The van der Waals surface area contributed by atoms with E-state index in [9.17, 15) is 9.59 Å². The minimum absolute atomic E-state index is 0.0195. The van der Waals surface area contributed by atoms with Gasteiger partial charge in [0.15, 0.2) is 0 Å². The summed E-state index contributed by atoms with van der Waals surface area (Å²) in [6.45, 7) is 9.96. The van der Waals surface area contributed by atoms with E-state index >= 15 is 0 Å². The quantitative estimate of drug-likeness (QED) is 0.200. The first-order chi connectivity index (χ1) is 12.5. The Labute approximate surface area is 165 Å². The second kappa shape index (κ2) is 17.5. The molecule has 150 valence electrons. The average molecular weight is 405 g/mol. The highest BCUT2D eigenvalue weighted by molar-refractivity contribution is 8.76. The molecule has 0 heterocycles. The van der Waals surface area contributed by atoms with E-state index in [1.54, 1.807) is 21.6 Å². The summed E-state index contributed by atoms with van der Waals surface area (Å²) in [5.41, 5.74) is 0. The van der Waals surface area contributed by atoms with Crippen molar-refractivity contribution in [3.8, 4) is 11.8 Å². The zero-order valence-electron chi connectivity index (χ0n) is 16.3. The van der Waals surface area contributed by atoms with Crippen LogP contribution in [-0.4, -0.2) is 55.9 Å². The van der Waals surface area contributed by atoms with E-state index in [1.807, 2.05) is 13.8 Å². The van der Waals surface area contributed by atoms with Crippen molar-refractivity contribution >= 4 is 33.4 Å². The molecule has 0 aliphatic rings. The van der Waals surface area contributed by atoms with Gasteiger partial charge in [-0.1, -0.05) is 55.2 Å². The van der Waals surface area contributed by atoms with Crippen molar-refractivity contribution in [3.63, 3.8) is 0 Å². The molecule has 0 bridgehead atoms. The van der Waals surface area contributed by atoms with Crippen LogP contribution in [0.15, 0.2) is 0 Å². The number of nitrogens with one attached hydrogen (secondary N) is 2. The molecule has 0 saturated carbocycles. The Morgan fingerprint density at radius 3 is 2.42 bits per heavy atom. The number of carbonyl (C=O) groups is 2. The Hall–Kier alpha value is -0.880. The first-order valence-corrected chi connectivity index (χ1v) is 11.3. The van der Waals surface area contributed by atoms with Crippen molar-refractivity contribution in [3.05, 3.63) is 0 Å². The third-order valence-electron chi connectivity index (χ3n) is 3.17. The lowest BCUT2D eigenvalue weighted by molar-refractivity contribution is -0.126. The SMILES string of the molecule is CCC#CCNC(=O)COCCOCSSC(CNC(=O)CC)C(C)C. The lowest BCUT2D eigenvalue weighted by Crippen LogP contribution is -2.32. The fourth-order valence-corrected chi connectivity index (χ4v) is 4.15. The predicted molar refractivity (Wildman–Crippen MR) is 110 cm³/mol. The molecule has 6 nitrogen and oxygen atoms in total. The lowest BCUT2D eigenvalue weighted by Gasteiger charge is -2.20. The molecular weight excluding hydrogens is 372 g/mol. The number of hydrogen-bond donors (Lipinski definition) is 2. The lowest BCUT2D eigenvalue weighted by atomic mass is 10.1. The second-order valence-electron chi connectivity index (χ2n) is 5.72. The van der Waals surface area contributed by atoms with Crippen LogP contribution in [0.1, 0.15) is 40.5 Å². The first kappa shape index (κ1) is 25.1. The summed E-state index contributed by atoms with van der Waals surface area (Å²) in [6.07, 6.45) is 1.29. The fraction of sp³-hybridized carbons (Fsp3) is 0.778. The van der Waals surface area contributed by atoms with Gasteiger partial charge in [0.2, 0.25) is 11.8 Å². The van der Waals surface area contributed by atoms with Crippen LogP contribution in [0.5, 0.6) is 0 Å². The van der Waals surface area contributed by atoms with E-state index in [0.29, 0.717) is 49.8 Å². The number of rotatable bonds is 14. The Bertz CT molecular complexity index is 450. The maximum atomic E-state index is 11.4. The maximum Gasteiger partial charge on any atom is 0.246 e. The average Bonchev–Trinajstić information content (AvgIpc) is 2.62. The van der Waals surface area contributed by atoms with Crippen molar-refractivity contribution in [2.45, 2.75) is 45.8 Å². The van der Waals surface area contributed by atoms with Crippen molar-refractivity contribution in [1.29, 1.82) is 0 Å². The molecule has 0 fully saturated rings. The van der Waals surface area contributed by atoms with Crippen LogP contribution in [0.25, 0.3) is 0 Å². The number of ether oxygens (including phenoxy) is 2. The largest absolute Gasteiger partial charge is 0.369 e. The molecule has 0 aliphatic carbocycles. The van der Waals surface area contributed by atoms with Crippen LogP contribution in [0.3, 0.4) is 0 Å². The van der Waals surface area contributed by atoms with Crippen LogP contribution in [-0.2, 0) is 19.1 Å². The highest BCUT2D eigenvalue weighted by Crippen LogP contribution is 2.30. The molecule has 0 rings (SSSR count). The summed E-state index contributed by atoms with van der Waals surface area (Å²) >= 11 is 0. The van der Waals surface area contributed by atoms with Crippen molar-refractivity contribution in [2.75, 3.05) is 38.8 Å². The van der Waals surface area contributed by atoms with Gasteiger partial charge in [0.25, 0.3) is 0 Å². The molecule has 0 spiro atoms. The Morgan fingerprint density at radius 2 is 1.77 bits per heavy atom. The normalized spacial score (nSPS) is 11.6. The molecule has 2 N–H and O–H groups in total. The number of hydrogen-bond acceptors (Lipinski definition) is 6. The summed E-state index contributed by atoms with van der Waals surface area (Å²) < 4.78 is 10.7. The standard InChI is InChI=1S/C18H32N2O4S2/c1-5-7-8-9-19-18(22)13-23-10-11-24-14-25-26-16(15(3)4)12-20-17(21)6-2/h15-16H,5-6,9-14H2,1-4H3,(H,19,22)(H,20,21). The molecule has 8 heteroatoms. The summed E-state index contributed by atoms with van der Waals surface area (Å²) in [4.78, 5) is 22.8. The van der Waals surface area contributed by atoms with Gasteiger partial charge >= 0.3 is 0 Å². The molecule has 26 heavy (non-hydrogen) atoms. The minimum atomic E-state index is -0.172. The van der Waals surface area contributed by atoms with E-state index < -0.39 is 0 Å². The predicted octanol–water partition coefficient (Wildman–Crippen LogP) is 2.44. The van der Waals surface area contributed by atoms with Gasteiger partial charge in [-0.3, -0.25) is 9.59 Å². The highest BCUT2D eigenvalue weighted by Gasteiger charge is 2.15. The van der Waals surface area contributed by atoms with Crippen molar-refractivity contribution in [2.24, 2.45) is 5.92 Å². The van der Waals surface area contributed by atoms with E-state index in [0.717, 1.165) is 6.42 Å². The van der Waals surface area contributed by atoms with Crippen LogP contribution < -0.4 is 10.6 Å². The third kappa shape index (κ3) is 15.4. The number of amides is 2. The molecule has 1 atom stereocenters. The van der Waals surface area contributed by atoms with Gasteiger partial charge in [0.05, 0.1) is 19.8 Å². The Morgan fingerprint density at radius 1 is 1.04 bits per heavy atom. The second-order valence-corrected chi connectivity index (χ2v) is 8.27. The van der Waals surface area contributed by atoms with Crippen LogP contribution in [0, 0.1) is 17.8 Å². The van der Waals surface area contributed by atoms with Gasteiger partial charge in [-0.15, -0.1) is 5.92 Å². The monoisotopic (exact) mass is 404 g/mol. The molecular formula is C18H32N2O4S2. The Balaban J connectivity index is 3.60. The van der Waals surface area contributed by atoms with Gasteiger partial charge in [-0.2, -0.15) is 0 Å². The molecule has 0 radical (unpaired) electrons. The molecule has 0 aromatic carbocycles. The van der Waals surface area contributed by atoms with Crippen molar-refractivity contribution < 1.29 is 19.1 Å². The first-order valence-electron chi connectivity index (χ1n) is 8.94. The van der Waals surface area contributed by atoms with Gasteiger partial charge in [0.1, 0.15) is 12.5 Å². The number of carbonyl (C=O) groups excluding carboxylic acids is 2. The maximum absolute atomic E-state index is 11.4. The van der Waals surface area contributed by atoms with Gasteiger partial charge in [-0.25, -0.2) is 0 Å². The Kier molecular flexibility index (Phi) is 16.9. The van der Waals surface area contributed by atoms with Crippen LogP contribution >= 0.6 is 21.6 Å². The smallest absolute Gasteiger partial charge is 0.246 e. The minimum Gasteiger partial charge on any atom is -0.369 e.